The van der Waals surface area contributed by atoms with E-state index in [9.17, 15) is 15.0 Å². The van der Waals surface area contributed by atoms with Crippen molar-refractivity contribution < 1.29 is 19.7 Å². The highest BCUT2D eigenvalue weighted by molar-refractivity contribution is 5.91. The van der Waals surface area contributed by atoms with Crippen LogP contribution < -0.4 is 0 Å². The predicted octanol–water partition coefficient (Wildman–Crippen LogP) is 1.49. The molecule has 19 heavy (non-hydrogen) atoms. The van der Waals surface area contributed by atoms with Crippen LogP contribution in [0.15, 0.2) is 36.0 Å². The van der Waals surface area contributed by atoms with Crippen LogP contribution in [0.1, 0.15) is 26.2 Å². The SMILES string of the molecule is C=C1C(=O)O[C@H]2CC(=C)[C@H](O)CC/C(C)=C/[C@@H](O)C12. The third-order valence-corrected chi connectivity index (χ3v) is 3.89. The van der Waals surface area contributed by atoms with Gasteiger partial charge in [-0.15, -0.1) is 0 Å². The van der Waals surface area contributed by atoms with E-state index >= 15 is 0 Å². The van der Waals surface area contributed by atoms with Crippen LogP contribution in [-0.4, -0.2) is 34.5 Å². The van der Waals surface area contributed by atoms with Crippen LogP contribution in [0.2, 0.25) is 0 Å². The van der Waals surface area contributed by atoms with E-state index in [1.165, 1.54) is 0 Å². The van der Waals surface area contributed by atoms with Gasteiger partial charge in [-0.1, -0.05) is 24.8 Å². The number of fused-ring (bicyclic) bond motifs is 1. The highest BCUT2D eigenvalue weighted by atomic mass is 16.6. The molecule has 0 amide bonds. The van der Waals surface area contributed by atoms with Gasteiger partial charge < -0.3 is 14.9 Å². The molecule has 0 saturated carbocycles. The van der Waals surface area contributed by atoms with E-state index in [0.29, 0.717) is 30.4 Å². The third-order valence-electron chi connectivity index (χ3n) is 3.89. The highest BCUT2D eigenvalue weighted by Gasteiger charge is 2.42. The molecule has 2 aliphatic rings. The summed E-state index contributed by atoms with van der Waals surface area (Å²) in [7, 11) is 0. The van der Waals surface area contributed by atoms with Crippen molar-refractivity contribution in [1.82, 2.24) is 0 Å². The Bertz CT molecular complexity index is 449. The Morgan fingerprint density at radius 1 is 1.37 bits per heavy atom. The Labute approximate surface area is 113 Å². The Morgan fingerprint density at radius 3 is 2.74 bits per heavy atom. The largest absolute Gasteiger partial charge is 0.458 e. The molecule has 2 N–H and O–H groups in total. The fourth-order valence-electron chi connectivity index (χ4n) is 2.68. The second-order valence-corrected chi connectivity index (χ2v) is 5.42. The van der Waals surface area contributed by atoms with E-state index in [-0.39, 0.29) is 0 Å². The first-order valence-electron chi connectivity index (χ1n) is 6.51. The van der Waals surface area contributed by atoms with Crippen LogP contribution in [-0.2, 0) is 9.53 Å². The zero-order chi connectivity index (χ0) is 14.2. The lowest BCUT2D eigenvalue weighted by molar-refractivity contribution is -0.139. The van der Waals surface area contributed by atoms with Gasteiger partial charge >= 0.3 is 5.97 Å². The minimum Gasteiger partial charge on any atom is -0.458 e. The maximum Gasteiger partial charge on any atom is 0.334 e. The fraction of sp³-hybridized carbons (Fsp3) is 0.533. The number of esters is 1. The molecule has 1 unspecified atom stereocenters. The molecule has 0 radical (unpaired) electrons. The summed E-state index contributed by atoms with van der Waals surface area (Å²) >= 11 is 0. The van der Waals surface area contributed by atoms with Gasteiger partial charge in [0.05, 0.1) is 18.1 Å². The Morgan fingerprint density at radius 2 is 2.05 bits per heavy atom. The lowest BCUT2D eigenvalue weighted by atomic mass is 9.84. The number of rotatable bonds is 0. The Kier molecular flexibility index (Phi) is 3.92. The van der Waals surface area contributed by atoms with Crippen molar-refractivity contribution in [1.29, 1.82) is 0 Å². The summed E-state index contributed by atoms with van der Waals surface area (Å²) in [5, 5.41) is 20.2. The van der Waals surface area contributed by atoms with Gasteiger partial charge in [-0.2, -0.15) is 0 Å². The van der Waals surface area contributed by atoms with Gasteiger partial charge in [0, 0.05) is 12.0 Å². The molecular formula is C15H20O4. The maximum absolute atomic E-state index is 11.6. The van der Waals surface area contributed by atoms with Crippen molar-refractivity contribution in [3.63, 3.8) is 0 Å². The molecule has 1 saturated heterocycles. The van der Waals surface area contributed by atoms with Gasteiger partial charge in [-0.05, 0) is 25.3 Å². The van der Waals surface area contributed by atoms with Gasteiger partial charge in [-0.3, -0.25) is 0 Å². The monoisotopic (exact) mass is 264 g/mol. The van der Waals surface area contributed by atoms with Gasteiger partial charge in [0.1, 0.15) is 6.10 Å². The van der Waals surface area contributed by atoms with Gasteiger partial charge in [0.2, 0.25) is 0 Å². The summed E-state index contributed by atoms with van der Waals surface area (Å²) in [6.45, 7) is 9.47. The van der Waals surface area contributed by atoms with Crippen LogP contribution in [0.4, 0.5) is 0 Å². The normalized spacial score (nSPS) is 39.3. The van der Waals surface area contributed by atoms with Crippen molar-refractivity contribution in [2.75, 3.05) is 0 Å². The molecule has 1 fully saturated rings. The van der Waals surface area contributed by atoms with Crippen molar-refractivity contribution in [2.24, 2.45) is 5.92 Å². The van der Waals surface area contributed by atoms with Crippen LogP contribution in [0.25, 0.3) is 0 Å². The summed E-state index contributed by atoms with van der Waals surface area (Å²) in [6, 6.07) is 0. The van der Waals surface area contributed by atoms with Crippen LogP contribution in [0, 0.1) is 5.92 Å². The summed E-state index contributed by atoms with van der Waals surface area (Å²) in [6.07, 6.45) is 1.47. The predicted molar refractivity (Wildman–Crippen MR) is 71.3 cm³/mol. The lowest BCUT2D eigenvalue weighted by Crippen LogP contribution is -2.30. The number of aliphatic hydroxyl groups is 2. The molecule has 1 heterocycles. The molecule has 4 heteroatoms. The smallest absolute Gasteiger partial charge is 0.334 e. The Balaban J connectivity index is 2.33. The molecule has 0 aromatic rings. The summed E-state index contributed by atoms with van der Waals surface area (Å²) in [5.74, 6) is -0.925. The second-order valence-electron chi connectivity index (χ2n) is 5.42. The average molecular weight is 264 g/mol. The van der Waals surface area contributed by atoms with Crippen LogP contribution in [0.5, 0.6) is 0 Å². The number of aliphatic hydroxyl groups excluding tert-OH is 2. The van der Waals surface area contributed by atoms with Gasteiger partial charge in [-0.25, -0.2) is 4.79 Å². The van der Waals surface area contributed by atoms with E-state index in [2.05, 4.69) is 13.2 Å². The van der Waals surface area contributed by atoms with Crippen LogP contribution >= 0.6 is 0 Å². The minimum atomic E-state index is -0.785. The molecule has 4 atom stereocenters. The molecule has 0 aromatic heterocycles. The molecule has 0 spiro atoms. The maximum atomic E-state index is 11.6. The minimum absolute atomic E-state index is 0.296. The zero-order valence-electron chi connectivity index (χ0n) is 11.1. The number of carbonyl (C=O) groups excluding carboxylic acids is 1. The van der Waals surface area contributed by atoms with Crippen molar-refractivity contribution >= 4 is 5.97 Å². The van der Waals surface area contributed by atoms with E-state index in [4.69, 9.17) is 4.74 Å². The summed E-state index contributed by atoms with van der Waals surface area (Å²) in [4.78, 5) is 11.6. The first kappa shape index (κ1) is 14.0. The third kappa shape index (κ3) is 2.80. The number of carbonyl (C=O) groups is 1. The lowest BCUT2D eigenvalue weighted by Gasteiger charge is -2.25. The highest BCUT2D eigenvalue weighted by Crippen LogP contribution is 2.35. The molecule has 4 nitrogen and oxygen atoms in total. The van der Waals surface area contributed by atoms with E-state index in [1.807, 2.05) is 6.92 Å². The first-order chi connectivity index (χ1) is 8.90. The van der Waals surface area contributed by atoms with E-state index < -0.39 is 30.2 Å². The molecular weight excluding hydrogens is 244 g/mol. The Hall–Kier alpha value is -1.39. The topological polar surface area (TPSA) is 66.8 Å². The molecule has 104 valence electrons. The number of hydrogen-bond donors (Lipinski definition) is 2. The van der Waals surface area contributed by atoms with Gasteiger partial charge in [0.15, 0.2) is 0 Å². The van der Waals surface area contributed by atoms with Crippen LogP contribution in [0.3, 0.4) is 0 Å². The quantitative estimate of drug-likeness (QED) is 0.395. The zero-order valence-corrected chi connectivity index (χ0v) is 11.1. The standard InChI is InChI=1S/C15H20O4/c1-8-4-5-11(16)9(2)7-13-14(12(17)6-8)10(3)15(18)19-13/h6,11-14,16-17H,2-5,7H2,1H3/b8-6+/t11-,12-,13+,14?/m1/s1. The number of hydrogen-bond acceptors (Lipinski definition) is 4. The van der Waals surface area contributed by atoms with Crippen molar-refractivity contribution in [3.05, 3.63) is 36.0 Å². The number of allylic oxidation sites excluding steroid dienone is 1. The summed E-state index contributed by atoms with van der Waals surface area (Å²) < 4.78 is 5.23. The molecule has 1 aliphatic heterocycles. The first-order valence-corrected chi connectivity index (χ1v) is 6.51. The van der Waals surface area contributed by atoms with E-state index in [0.717, 1.165) is 5.57 Å². The van der Waals surface area contributed by atoms with Crippen molar-refractivity contribution in [2.45, 2.75) is 44.5 Å². The molecule has 2 rings (SSSR count). The second kappa shape index (κ2) is 5.31. The van der Waals surface area contributed by atoms with E-state index in [1.54, 1.807) is 6.08 Å². The van der Waals surface area contributed by atoms with Gasteiger partial charge in [0.25, 0.3) is 0 Å². The number of ether oxygens (including phenoxy) is 1. The fourth-order valence-corrected chi connectivity index (χ4v) is 2.68. The summed E-state index contributed by atoms with van der Waals surface area (Å²) in [5.41, 5.74) is 1.91. The molecule has 0 aromatic carbocycles. The average Bonchev–Trinajstić information content (AvgIpc) is 2.60. The molecule has 1 aliphatic carbocycles. The molecule has 0 bridgehead atoms. The van der Waals surface area contributed by atoms with Crippen molar-refractivity contribution in [3.8, 4) is 0 Å².